The highest BCUT2D eigenvalue weighted by molar-refractivity contribution is 5.66. The smallest absolute Gasteiger partial charge is 0.303 e. The van der Waals surface area contributed by atoms with Crippen LogP contribution in [0.15, 0.2) is 0 Å². The maximum absolute atomic E-state index is 11.4. The minimum absolute atomic E-state index is 0.0234. The first-order valence-corrected chi connectivity index (χ1v) is 7.38. The van der Waals surface area contributed by atoms with Gasteiger partial charge in [-0.1, -0.05) is 6.92 Å². The fraction of sp³-hybridized carbons (Fsp3) is 0.933. The van der Waals surface area contributed by atoms with Crippen LogP contribution in [0.3, 0.4) is 0 Å². The molecule has 4 bridgehead atoms. The molecule has 4 aliphatic rings. The zero-order chi connectivity index (χ0) is 12.8. The number of hydrogen-bond acceptors (Lipinski definition) is 3. The summed E-state index contributed by atoms with van der Waals surface area (Å²) in [6.45, 7) is 4.54. The summed E-state index contributed by atoms with van der Waals surface area (Å²) in [6.07, 6.45) is 7.84. The molecule has 102 valence electrons. The quantitative estimate of drug-likeness (QED) is 0.721. The Morgan fingerprint density at radius 1 is 1.17 bits per heavy atom. The molecule has 0 aromatic rings. The lowest BCUT2D eigenvalue weighted by molar-refractivity contribution is -0.232. The molecule has 0 aliphatic heterocycles. The van der Waals surface area contributed by atoms with Crippen molar-refractivity contribution in [1.29, 1.82) is 0 Å². The van der Waals surface area contributed by atoms with E-state index in [4.69, 9.17) is 9.47 Å². The van der Waals surface area contributed by atoms with Gasteiger partial charge in [-0.05, 0) is 50.4 Å². The Hall–Kier alpha value is -0.570. The summed E-state index contributed by atoms with van der Waals surface area (Å²) in [5, 5.41) is 0. The highest BCUT2D eigenvalue weighted by atomic mass is 16.6. The molecule has 4 saturated carbocycles. The van der Waals surface area contributed by atoms with Gasteiger partial charge in [0.1, 0.15) is 5.60 Å². The highest BCUT2D eigenvalue weighted by Crippen LogP contribution is 2.60. The van der Waals surface area contributed by atoms with E-state index in [1.54, 1.807) is 0 Å². The van der Waals surface area contributed by atoms with Crippen LogP contribution < -0.4 is 0 Å². The molecule has 0 aromatic carbocycles. The van der Waals surface area contributed by atoms with Gasteiger partial charge < -0.3 is 9.47 Å². The monoisotopic (exact) mass is 252 g/mol. The maximum Gasteiger partial charge on any atom is 0.303 e. The average Bonchev–Trinajstić information content (AvgIpc) is 2.22. The highest BCUT2D eigenvalue weighted by Gasteiger charge is 2.60. The van der Waals surface area contributed by atoms with Crippen LogP contribution in [-0.2, 0) is 14.3 Å². The number of carbonyl (C=O) groups is 1. The van der Waals surface area contributed by atoms with E-state index in [2.05, 4.69) is 6.92 Å². The topological polar surface area (TPSA) is 35.5 Å². The molecule has 2 unspecified atom stereocenters. The molecule has 4 rings (SSSR count). The molecule has 4 fully saturated rings. The van der Waals surface area contributed by atoms with Crippen LogP contribution in [0.25, 0.3) is 0 Å². The SMILES string of the molecule is CCCOC12CC3CC(C1)CC(OC(C)=O)(C3)C2. The lowest BCUT2D eigenvalue weighted by atomic mass is 9.52. The van der Waals surface area contributed by atoms with Crippen LogP contribution in [0.5, 0.6) is 0 Å². The van der Waals surface area contributed by atoms with E-state index < -0.39 is 0 Å². The van der Waals surface area contributed by atoms with Gasteiger partial charge in [-0.25, -0.2) is 0 Å². The molecule has 18 heavy (non-hydrogen) atoms. The first kappa shape index (κ1) is 12.5. The molecule has 0 radical (unpaired) electrons. The Kier molecular flexibility index (Phi) is 2.92. The fourth-order valence-corrected chi connectivity index (χ4v) is 5.01. The number of rotatable bonds is 4. The zero-order valence-electron chi connectivity index (χ0n) is 11.5. The van der Waals surface area contributed by atoms with E-state index in [0.717, 1.165) is 32.3 Å². The summed E-state index contributed by atoms with van der Waals surface area (Å²) in [5.41, 5.74) is -0.167. The summed E-state index contributed by atoms with van der Waals surface area (Å²) in [7, 11) is 0. The number of ether oxygens (including phenoxy) is 2. The van der Waals surface area contributed by atoms with Gasteiger partial charge in [0.2, 0.25) is 0 Å². The maximum atomic E-state index is 11.4. The van der Waals surface area contributed by atoms with E-state index in [1.165, 1.54) is 26.2 Å². The summed E-state index contributed by atoms with van der Waals surface area (Å²) in [5.74, 6) is 1.30. The second-order valence-corrected chi connectivity index (χ2v) is 6.77. The average molecular weight is 252 g/mol. The van der Waals surface area contributed by atoms with E-state index >= 15 is 0 Å². The largest absolute Gasteiger partial charge is 0.459 e. The van der Waals surface area contributed by atoms with Crippen LogP contribution in [-0.4, -0.2) is 23.8 Å². The first-order chi connectivity index (χ1) is 8.55. The van der Waals surface area contributed by atoms with Crippen molar-refractivity contribution in [3.05, 3.63) is 0 Å². The normalized spacial score (nSPS) is 45.2. The molecule has 0 N–H and O–H groups in total. The molecule has 2 atom stereocenters. The van der Waals surface area contributed by atoms with Gasteiger partial charge in [-0.15, -0.1) is 0 Å². The Labute approximate surface area is 109 Å². The van der Waals surface area contributed by atoms with E-state index in [9.17, 15) is 4.79 Å². The molecule has 0 saturated heterocycles. The van der Waals surface area contributed by atoms with Gasteiger partial charge >= 0.3 is 5.97 Å². The standard InChI is InChI=1S/C15H24O3/c1-3-4-17-14-6-12-5-13(7-14)9-15(8-12,10-14)18-11(2)16/h12-13H,3-10H2,1-2H3. The molecule has 0 spiro atoms. The molecule has 3 nitrogen and oxygen atoms in total. The molecule has 0 heterocycles. The van der Waals surface area contributed by atoms with E-state index in [0.29, 0.717) is 11.8 Å². The van der Waals surface area contributed by atoms with Gasteiger partial charge in [-0.2, -0.15) is 0 Å². The van der Waals surface area contributed by atoms with Crippen LogP contribution >= 0.6 is 0 Å². The molecule has 4 aliphatic carbocycles. The summed E-state index contributed by atoms with van der Waals surface area (Å²) < 4.78 is 11.9. The first-order valence-electron chi connectivity index (χ1n) is 7.38. The number of carbonyl (C=O) groups excluding carboxylic acids is 1. The lowest BCUT2D eigenvalue weighted by Crippen LogP contribution is -2.61. The second kappa shape index (κ2) is 4.22. The van der Waals surface area contributed by atoms with Gasteiger partial charge in [0.05, 0.1) is 5.60 Å². The minimum atomic E-state index is -0.191. The third-order valence-corrected chi connectivity index (χ3v) is 4.93. The summed E-state index contributed by atoms with van der Waals surface area (Å²) in [6, 6.07) is 0. The van der Waals surface area contributed by atoms with Gasteiger partial charge in [0.25, 0.3) is 0 Å². The molecule has 0 aromatic heterocycles. The summed E-state index contributed by atoms with van der Waals surface area (Å²) in [4.78, 5) is 11.4. The van der Waals surface area contributed by atoms with Crippen molar-refractivity contribution in [3.63, 3.8) is 0 Å². The molecule has 0 amide bonds. The van der Waals surface area contributed by atoms with E-state index in [-0.39, 0.29) is 17.2 Å². The predicted molar refractivity (Wildman–Crippen MR) is 68.2 cm³/mol. The van der Waals surface area contributed by atoms with E-state index in [1.807, 2.05) is 0 Å². The van der Waals surface area contributed by atoms with Crippen molar-refractivity contribution in [1.82, 2.24) is 0 Å². The summed E-state index contributed by atoms with van der Waals surface area (Å²) >= 11 is 0. The van der Waals surface area contributed by atoms with Crippen molar-refractivity contribution in [3.8, 4) is 0 Å². The van der Waals surface area contributed by atoms with Crippen LogP contribution in [0, 0.1) is 11.8 Å². The molecule has 3 heteroatoms. The lowest BCUT2D eigenvalue weighted by Gasteiger charge is -2.60. The van der Waals surface area contributed by atoms with Crippen LogP contribution in [0.4, 0.5) is 0 Å². The van der Waals surface area contributed by atoms with Gasteiger partial charge in [-0.3, -0.25) is 4.79 Å². The molecular formula is C15H24O3. The number of hydrogen-bond donors (Lipinski definition) is 0. The van der Waals surface area contributed by atoms with Crippen molar-refractivity contribution in [2.45, 2.75) is 70.0 Å². The number of esters is 1. The van der Waals surface area contributed by atoms with Crippen molar-refractivity contribution in [2.24, 2.45) is 11.8 Å². The fourth-order valence-electron chi connectivity index (χ4n) is 5.01. The predicted octanol–water partition coefficient (Wildman–Crippen LogP) is 3.07. The van der Waals surface area contributed by atoms with Crippen LogP contribution in [0.1, 0.15) is 58.8 Å². The van der Waals surface area contributed by atoms with Gasteiger partial charge in [0, 0.05) is 20.0 Å². The third-order valence-electron chi connectivity index (χ3n) is 4.93. The van der Waals surface area contributed by atoms with Crippen molar-refractivity contribution in [2.75, 3.05) is 6.61 Å². The Bertz CT molecular complexity index is 336. The van der Waals surface area contributed by atoms with Crippen LogP contribution in [0.2, 0.25) is 0 Å². The zero-order valence-corrected chi connectivity index (χ0v) is 11.5. The van der Waals surface area contributed by atoms with Crippen molar-refractivity contribution < 1.29 is 14.3 Å². The Morgan fingerprint density at radius 3 is 2.33 bits per heavy atom. The third kappa shape index (κ3) is 2.07. The second-order valence-electron chi connectivity index (χ2n) is 6.77. The van der Waals surface area contributed by atoms with Crippen molar-refractivity contribution >= 4 is 5.97 Å². The Morgan fingerprint density at radius 2 is 1.78 bits per heavy atom. The Balaban J connectivity index is 1.81. The molecular weight excluding hydrogens is 228 g/mol. The van der Waals surface area contributed by atoms with Gasteiger partial charge in [0.15, 0.2) is 0 Å². The minimum Gasteiger partial charge on any atom is -0.459 e.